The lowest BCUT2D eigenvalue weighted by molar-refractivity contribution is -0.134. The van der Waals surface area contributed by atoms with Crippen LogP contribution in [-0.4, -0.2) is 18.2 Å². The van der Waals surface area contributed by atoms with E-state index < -0.39 is 0 Å². The summed E-state index contributed by atoms with van der Waals surface area (Å²) in [6.45, 7) is 8.39. The predicted octanol–water partition coefficient (Wildman–Crippen LogP) is 5.36. The Morgan fingerprint density at radius 1 is 1.20 bits per heavy atom. The summed E-state index contributed by atoms with van der Waals surface area (Å²) in [5.74, 6) is -0.0188. The van der Waals surface area contributed by atoms with Gasteiger partial charge in [0.15, 0.2) is 0 Å². The molecule has 2 aromatic rings. The van der Waals surface area contributed by atoms with E-state index in [-0.39, 0.29) is 11.4 Å². The average Bonchev–Trinajstić information content (AvgIpc) is 2.98. The molecule has 0 aliphatic rings. The minimum atomic E-state index is -0.347. The number of ether oxygens (including phenoxy) is 1. The fourth-order valence-corrected chi connectivity index (χ4v) is 4.64. The molecule has 3 nitrogen and oxygen atoms in total. The zero-order chi connectivity index (χ0) is 18.6. The van der Waals surface area contributed by atoms with E-state index in [1.54, 1.807) is 17.4 Å². The van der Waals surface area contributed by atoms with Crippen molar-refractivity contribution in [3.63, 3.8) is 0 Å². The van der Waals surface area contributed by atoms with Crippen molar-refractivity contribution in [2.45, 2.75) is 46.0 Å². The molecule has 0 amide bonds. The minimum absolute atomic E-state index is 0.0920. The molecule has 2 rings (SSSR count). The number of methoxy groups -OCH3 is 1. The molecule has 1 heterocycles. The van der Waals surface area contributed by atoms with Gasteiger partial charge in [-0.1, -0.05) is 26.0 Å². The molecule has 0 bridgehead atoms. The molecule has 1 aromatic heterocycles. The number of thiophene rings is 1. The lowest BCUT2D eigenvalue weighted by Crippen LogP contribution is -2.24. The maximum Gasteiger partial charge on any atom is 0.330 e. The molecular formula is C21H26O3S. The standard InChI is InChI=1S/C21H26O3S/c1-6-21(7-2,16-8-9-17(22)14(3)12-16)19-13-15(4)18(25-19)10-11-20(23)24-5/h8-13,22H,6-7H2,1-5H3. The maximum absolute atomic E-state index is 11.4. The molecule has 0 aliphatic carbocycles. The topological polar surface area (TPSA) is 46.5 Å². The summed E-state index contributed by atoms with van der Waals surface area (Å²) in [7, 11) is 1.38. The number of hydrogen-bond donors (Lipinski definition) is 1. The first-order valence-corrected chi connectivity index (χ1v) is 9.36. The number of hydrogen-bond acceptors (Lipinski definition) is 4. The molecule has 134 valence electrons. The zero-order valence-electron chi connectivity index (χ0n) is 15.6. The molecule has 1 aromatic carbocycles. The Kier molecular flexibility index (Phi) is 6.07. The van der Waals surface area contributed by atoms with E-state index in [0.717, 1.165) is 28.8 Å². The number of phenolic OH excluding ortho intramolecular Hbond substituents is 1. The number of carbonyl (C=O) groups excluding carboxylic acids is 1. The van der Waals surface area contributed by atoms with E-state index in [0.29, 0.717) is 5.75 Å². The second-order valence-electron chi connectivity index (χ2n) is 6.30. The summed E-state index contributed by atoms with van der Waals surface area (Å²) >= 11 is 1.72. The van der Waals surface area contributed by atoms with Crippen molar-refractivity contribution in [3.8, 4) is 5.75 Å². The van der Waals surface area contributed by atoms with Crippen LogP contribution in [0, 0.1) is 13.8 Å². The Morgan fingerprint density at radius 3 is 2.44 bits per heavy atom. The van der Waals surface area contributed by atoms with Gasteiger partial charge in [-0.05, 0) is 61.6 Å². The van der Waals surface area contributed by atoms with Crippen LogP contribution in [0.25, 0.3) is 6.08 Å². The third-order valence-electron chi connectivity index (χ3n) is 4.96. The van der Waals surface area contributed by atoms with Crippen LogP contribution in [0.4, 0.5) is 0 Å². The molecule has 4 heteroatoms. The lowest BCUT2D eigenvalue weighted by Gasteiger charge is -2.32. The van der Waals surface area contributed by atoms with Crippen LogP contribution in [-0.2, 0) is 14.9 Å². The van der Waals surface area contributed by atoms with Crippen molar-refractivity contribution < 1.29 is 14.6 Å². The number of esters is 1. The van der Waals surface area contributed by atoms with Gasteiger partial charge >= 0.3 is 5.97 Å². The molecule has 0 spiro atoms. The molecule has 1 N–H and O–H groups in total. The van der Waals surface area contributed by atoms with Crippen LogP contribution in [0.5, 0.6) is 5.75 Å². The van der Waals surface area contributed by atoms with Crippen molar-refractivity contribution in [3.05, 3.63) is 56.8 Å². The van der Waals surface area contributed by atoms with Crippen molar-refractivity contribution in [1.82, 2.24) is 0 Å². The summed E-state index contributed by atoms with van der Waals surface area (Å²) in [5, 5.41) is 9.87. The Hall–Kier alpha value is -2.07. The van der Waals surface area contributed by atoms with Gasteiger partial charge in [0.1, 0.15) is 5.75 Å². The lowest BCUT2D eigenvalue weighted by atomic mass is 9.74. The highest BCUT2D eigenvalue weighted by molar-refractivity contribution is 7.13. The third-order valence-corrected chi connectivity index (χ3v) is 6.36. The van der Waals surface area contributed by atoms with E-state index in [1.807, 2.05) is 19.1 Å². The molecule has 0 radical (unpaired) electrons. The quantitative estimate of drug-likeness (QED) is 0.558. The molecular weight excluding hydrogens is 332 g/mol. The molecule has 0 fully saturated rings. The highest BCUT2D eigenvalue weighted by Gasteiger charge is 2.33. The maximum atomic E-state index is 11.4. The summed E-state index contributed by atoms with van der Waals surface area (Å²) in [5.41, 5.74) is 3.17. The number of carbonyl (C=O) groups is 1. The van der Waals surface area contributed by atoms with Crippen LogP contribution in [0.3, 0.4) is 0 Å². The smallest absolute Gasteiger partial charge is 0.330 e. The highest BCUT2D eigenvalue weighted by Crippen LogP contribution is 2.44. The predicted molar refractivity (Wildman–Crippen MR) is 104 cm³/mol. The number of aryl methyl sites for hydroxylation is 2. The van der Waals surface area contributed by atoms with Gasteiger partial charge in [-0.25, -0.2) is 4.79 Å². The molecule has 0 saturated carbocycles. The van der Waals surface area contributed by atoms with Crippen molar-refractivity contribution in [2.75, 3.05) is 7.11 Å². The van der Waals surface area contributed by atoms with E-state index in [2.05, 4.69) is 37.6 Å². The van der Waals surface area contributed by atoms with Gasteiger partial charge in [0.2, 0.25) is 0 Å². The Labute approximate surface area is 154 Å². The fourth-order valence-electron chi connectivity index (χ4n) is 3.21. The highest BCUT2D eigenvalue weighted by atomic mass is 32.1. The van der Waals surface area contributed by atoms with Crippen LogP contribution in [0.1, 0.15) is 53.1 Å². The summed E-state index contributed by atoms with van der Waals surface area (Å²) < 4.78 is 4.68. The number of benzene rings is 1. The van der Waals surface area contributed by atoms with E-state index >= 15 is 0 Å². The number of rotatable bonds is 6. The summed E-state index contributed by atoms with van der Waals surface area (Å²) in [4.78, 5) is 13.7. The van der Waals surface area contributed by atoms with E-state index in [9.17, 15) is 9.90 Å². The van der Waals surface area contributed by atoms with Gasteiger partial charge in [0, 0.05) is 21.2 Å². The van der Waals surface area contributed by atoms with Crippen LogP contribution in [0.2, 0.25) is 0 Å². The van der Waals surface area contributed by atoms with Gasteiger partial charge < -0.3 is 9.84 Å². The monoisotopic (exact) mass is 358 g/mol. The van der Waals surface area contributed by atoms with E-state index in [4.69, 9.17) is 0 Å². The normalized spacial score (nSPS) is 11.9. The molecule has 0 atom stereocenters. The van der Waals surface area contributed by atoms with Crippen LogP contribution in [0.15, 0.2) is 30.3 Å². The van der Waals surface area contributed by atoms with E-state index in [1.165, 1.54) is 23.6 Å². The number of aromatic hydroxyl groups is 1. The number of phenols is 1. The first-order chi connectivity index (χ1) is 11.9. The molecule has 0 aliphatic heterocycles. The zero-order valence-corrected chi connectivity index (χ0v) is 16.4. The van der Waals surface area contributed by atoms with Gasteiger partial charge in [-0.15, -0.1) is 11.3 Å². The largest absolute Gasteiger partial charge is 0.508 e. The van der Waals surface area contributed by atoms with Crippen molar-refractivity contribution in [2.24, 2.45) is 0 Å². The second-order valence-corrected chi connectivity index (χ2v) is 7.39. The first-order valence-electron chi connectivity index (χ1n) is 8.55. The Morgan fingerprint density at radius 2 is 1.88 bits per heavy atom. The minimum Gasteiger partial charge on any atom is -0.508 e. The summed E-state index contributed by atoms with van der Waals surface area (Å²) in [6.07, 6.45) is 5.22. The van der Waals surface area contributed by atoms with Gasteiger partial charge in [-0.2, -0.15) is 0 Å². The third kappa shape index (κ3) is 3.79. The second kappa shape index (κ2) is 7.87. The average molecular weight is 359 g/mol. The van der Waals surface area contributed by atoms with Crippen molar-refractivity contribution >= 4 is 23.4 Å². The van der Waals surface area contributed by atoms with Crippen LogP contribution >= 0.6 is 11.3 Å². The SMILES string of the molecule is CCC(CC)(c1ccc(O)c(C)c1)c1cc(C)c(C=CC(=O)OC)s1. The van der Waals surface area contributed by atoms with Gasteiger partial charge in [-0.3, -0.25) is 0 Å². The van der Waals surface area contributed by atoms with Gasteiger partial charge in [0.25, 0.3) is 0 Å². The summed E-state index contributed by atoms with van der Waals surface area (Å²) in [6, 6.07) is 8.11. The first kappa shape index (κ1) is 19.3. The van der Waals surface area contributed by atoms with Crippen molar-refractivity contribution in [1.29, 1.82) is 0 Å². The van der Waals surface area contributed by atoms with Gasteiger partial charge in [0.05, 0.1) is 7.11 Å². The molecule has 25 heavy (non-hydrogen) atoms. The molecule has 0 unspecified atom stereocenters. The Bertz CT molecular complexity index is 782. The van der Waals surface area contributed by atoms with Crippen LogP contribution < -0.4 is 0 Å². The fraction of sp³-hybridized carbons (Fsp3) is 0.381. The Balaban J connectivity index is 2.52. The molecule has 0 saturated heterocycles.